The van der Waals surface area contributed by atoms with E-state index in [2.05, 4.69) is 13.8 Å². The molecule has 0 heterocycles. The van der Waals surface area contributed by atoms with Crippen LogP contribution in [0.5, 0.6) is 0 Å². The maximum Gasteiger partial charge on any atom is 0.0804 e. The van der Waals surface area contributed by atoms with Crippen LogP contribution >= 0.6 is 0 Å². The van der Waals surface area contributed by atoms with Gasteiger partial charge in [0.05, 0.1) is 5.60 Å². The smallest absolute Gasteiger partial charge is 0.0804 e. The minimum Gasteiger partial charge on any atom is -0.374 e. The fourth-order valence-electron chi connectivity index (χ4n) is 3.22. The van der Waals surface area contributed by atoms with Gasteiger partial charge in [0.2, 0.25) is 0 Å². The third-order valence-electron chi connectivity index (χ3n) is 4.96. The average molecular weight is 284 g/mol. The van der Waals surface area contributed by atoms with Gasteiger partial charge in [-0.25, -0.2) is 0 Å². The highest BCUT2D eigenvalue weighted by Gasteiger charge is 2.33. The van der Waals surface area contributed by atoms with Gasteiger partial charge in [0, 0.05) is 13.2 Å². The van der Waals surface area contributed by atoms with Crippen molar-refractivity contribution in [3.8, 4) is 0 Å². The lowest BCUT2D eigenvalue weighted by Crippen LogP contribution is -2.44. The molecule has 1 fully saturated rings. The summed E-state index contributed by atoms with van der Waals surface area (Å²) in [6, 6.07) is 0. The lowest BCUT2D eigenvalue weighted by atomic mass is 9.79. The van der Waals surface area contributed by atoms with Crippen LogP contribution in [0.15, 0.2) is 0 Å². The molecule has 0 radical (unpaired) electrons. The van der Waals surface area contributed by atoms with Crippen LogP contribution < -0.4 is 5.73 Å². The predicted octanol–water partition coefficient (Wildman–Crippen LogP) is 5.05. The summed E-state index contributed by atoms with van der Waals surface area (Å²) in [5, 5.41) is 0. The monoisotopic (exact) mass is 283 g/mol. The number of ether oxygens (including phenoxy) is 1. The summed E-state index contributed by atoms with van der Waals surface area (Å²) >= 11 is 0. The molecule has 2 heteroatoms. The number of unbranched alkanes of at least 4 members (excludes halogenated alkanes) is 7. The largest absolute Gasteiger partial charge is 0.374 e. The Labute approximate surface area is 126 Å². The van der Waals surface area contributed by atoms with Gasteiger partial charge in [0.25, 0.3) is 0 Å². The number of hydrogen-bond acceptors (Lipinski definition) is 2. The molecule has 1 aliphatic carbocycles. The Kier molecular flexibility index (Phi) is 9.54. The minimum atomic E-state index is 0.0215. The van der Waals surface area contributed by atoms with E-state index in [0.29, 0.717) is 6.54 Å². The van der Waals surface area contributed by atoms with Crippen LogP contribution in [-0.4, -0.2) is 18.8 Å². The second kappa shape index (κ2) is 10.6. The van der Waals surface area contributed by atoms with Crippen LogP contribution in [0.2, 0.25) is 0 Å². The third kappa shape index (κ3) is 7.08. The summed E-state index contributed by atoms with van der Waals surface area (Å²) < 4.78 is 6.19. The van der Waals surface area contributed by atoms with Crippen LogP contribution in [0.3, 0.4) is 0 Å². The molecule has 0 saturated heterocycles. The van der Waals surface area contributed by atoms with Crippen molar-refractivity contribution in [1.82, 2.24) is 0 Å². The molecule has 0 aliphatic heterocycles. The van der Waals surface area contributed by atoms with E-state index >= 15 is 0 Å². The first-order valence-corrected chi connectivity index (χ1v) is 9.06. The number of hydrogen-bond donors (Lipinski definition) is 1. The van der Waals surface area contributed by atoms with E-state index in [1.54, 1.807) is 0 Å². The van der Waals surface area contributed by atoms with Gasteiger partial charge in [-0.1, -0.05) is 58.8 Å². The zero-order valence-corrected chi connectivity index (χ0v) is 14.0. The summed E-state index contributed by atoms with van der Waals surface area (Å²) in [6.45, 7) is 6.24. The number of nitrogens with two attached hydrogens (primary N) is 1. The average Bonchev–Trinajstić information content (AvgIpc) is 2.48. The summed E-state index contributed by atoms with van der Waals surface area (Å²) in [6.07, 6.45) is 15.8. The Morgan fingerprint density at radius 2 is 1.50 bits per heavy atom. The molecule has 1 saturated carbocycles. The van der Waals surface area contributed by atoms with Crippen LogP contribution in [0.1, 0.15) is 90.9 Å². The standard InChI is InChI=1S/C18H37NO/c1-3-4-5-6-7-8-9-10-15-20-18(16-19)13-11-17(2)12-14-18/h17H,3-16,19H2,1-2H3. The predicted molar refractivity (Wildman–Crippen MR) is 88.0 cm³/mol. The quantitative estimate of drug-likeness (QED) is 0.538. The molecule has 0 bridgehead atoms. The van der Waals surface area contributed by atoms with E-state index in [0.717, 1.165) is 12.5 Å². The van der Waals surface area contributed by atoms with Crippen molar-refractivity contribution in [3.05, 3.63) is 0 Å². The van der Waals surface area contributed by atoms with Crippen LogP contribution in [-0.2, 0) is 4.74 Å². The Morgan fingerprint density at radius 3 is 2.05 bits per heavy atom. The van der Waals surface area contributed by atoms with Gasteiger partial charge in [-0.05, 0) is 38.0 Å². The Bertz CT molecular complexity index is 221. The summed E-state index contributed by atoms with van der Waals surface area (Å²) in [5.41, 5.74) is 5.99. The molecule has 0 aromatic rings. The van der Waals surface area contributed by atoms with E-state index in [9.17, 15) is 0 Å². The highest BCUT2D eigenvalue weighted by Crippen LogP contribution is 2.34. The van der Waals surface area contributed by atoms with Gasteiger partial charge in [-0.2, -0.15) is 0 Å². The van der Waals surface area contributed by atoms with E-state index < -0.39 is 0 Å². The topological polar surface area (TPSA) is 35.2 Å². The second-order valence-corrected chi connectivity index (χ2v) is 6.89. The normalized spacial score (nSPS) is 26.9. The Morgan fingerprint density at radius 1 is 0.950 bits per heavy atom. The molecule has 0 aromatic carbocycles. The summed E-state index contributed by atoms with van der Waals surface area (Å²) in [5.74, 6) is 0.862. The fraction of sp³-hybridized carbons (Fsp3) is 1.00. The molecule has 0 unspecified atom stereocenters. The lowest BCUT2D eigenvalue weighted by molar-refractivity contribution is -0.0712. The molecular weight excluding hydrogens is 246 g/mol. The highest BCUT2D eigenvalue weighted by molar-refractivity contribution is 4.87. The molecule has 1 rings (SSSR count). The van der Waals surface area contributed by atoms with E-state index in [4.69, 9.17) is 10.5 Å². The van der Waals surface area contributed by atoms with Crippen molar-refractivity contribution in [2.24, 2.45) is 11.7 Å². The van der Waals surface area contributed by atoms with E-state index in [1.165, 1.54) is 77.0 Å². The first-order valence-electron chi connectivity index (χ1n) is 9.06. The van der Waals surface area contributed by atoms with Gasteiger partial charge < -0.3 is 10.5 Å². The molecular formula is C18H37NO. The molecule has 0 aromatic heterocycles. The van der Waals surface area contributed by atoms with Gasteiger partial charge in [0.1, 0.15) is 0 Å². The van der Waals surface area contributed by atoms with Crippen LogP contribution in [0.4, 0.5) is 0 Å². The lowest BCUT2D eigenvalue weighted by Gasteiger charge is -2.38. The zero-order chi connectivity index (χ0) is 14.7. The Hall–Kier alpha value is -0.0800. The van der Waals surface area contributed by atoms with Crippen molar-refractivity contribution >= 4 is 0 Å². The van der Waals surface area contributed by atoms with Gasteiger partial charge in [0.15, 0.2) is 0 Å². The van der Waals surface area contributed by atoms with Gasteiger partial charge in [-0.15, -0.1) is 0 Å². The summed E-state index contributed by atoms with van der Waals surface area (Å²) in [4.78, 5) is 0. The van der Waals surface area contributed by atoms with Crippen LogP contribution in [0.25, 0.3) is 0 Å². The van der Waals surface area contributed by atoms with Crippen molar-refractivity contribution < 1.29 is 4.74 Å². The molecule has 20 heavy (non-hydrogen) atoms. The molecule has 2 nitrogen and oxygen atoms in total. The van der Waals surface area contributed by atoms with Crippen LogP contribution in [0, 0.1) is 5.92 Å². The molecule has 120 valence electrons. The maximum atomic E-state index is 6.19. The SMILES string of the molecule is CCCCCCCCCCOC1(CN)CCC(C)CC1. The molecule has 0 spiro atoms. The van der Waals surface area contributed by atoms with Gasteiger partial charge in [-0.3, -0.25) is 0 Å². The Balaban J connectivity index is 1.99. The summed E-state index contributed by atoms with van der Waals surface area (Å²) in [7, 11) is 0. The third-order valence-corrected chi connectivity index (χ3v) is 4.96. The molecule has 2 N–H and O–H groups in total. The first-order chi connectivity index (χ1) is 9.72. The van der Waals surface area contributed by atoms with E-state index in [1.807, 2.05) is 0 Å². The molecule has 0 atom stereocenters. The van der Waals surface area contributed by atoms with Crippen molar-refractivity contribution in [1.29, 1.82) is 0 Å². The van der Waals surface area contributed by atoms with E-state index in [-0.39, 0.29) is 5.60 Å². The highest BCUT2D eigenvalue weighted by atomic mass is 16.5. The second-order valence-electron chi connectivity index (χ2n) is 6.89. The fourth-order valence-corrected chi connectivity index (χ4v) is 3.22. The van der Waals surface area contributed by atoms with Crippen molar-refractivity contribution in [2.45, 2.75) is 96.5 Å². The molecule has 1 aliphatic rings. The molecule has 0 amide bonds. The van der Waals surface area contributed by atoms with Gasteiger partial charge >= 0.3 is 0 Å². The van der Waals surface area contributed by atoms with Crippen molar-refractivity contribution in [3.63, 3.8) is 0 Å². The number of rotatable bonds is 11. The minimum absolute atomic E-state index is 0.0215. The van der Waals surface area contributed by atoms with Crippen molar-refractivity contribution in [2.75, 3.05) is 13.2 Å². The zero-order valence-electron chi connectivity index (χ0n) is 14.0. The first kappa shape index (κ1) is 18.0. The maximum absolute atomic E-state index is 6.19.